The first kappa shape index (κ1) is 19.4. The molecule has 142 valence electrons. The van der Waals surface area contributed by atoms with E-state index in [0.29, 0.717) is 16.5 Å². The van der Waals surface area contributed by atoms with Gasteiger partial charge in [-0.3, -0.25) is 19.0 Å². The van der Waals surface area contributed by atoms with Gasteiger partial charge in [-0.15, -0.1) is 0 Å². The second-order valence-electron chi connectivity index (χ2n) is 6.04. The Labute approximate surface area is 165 Å². The highest BCUT2D eigenvalue weighted by Crippen LogP contribution is 2.27. The summed E-state index contributed by atoms with van der Waals surface area (Å²) in [5.74, 6) is -0.907. The van der Waals surface area contributed by atoms with Crippen LogP contribution in [0.4, 0.5) is 0 Å². The first-order chi connectivity index (χ1) is 13.3. The normalized spacial score (nSPS) is 10.5. The minimum absolute atomic E-state index is 0.0604. The van der Waals surface area contributed by atoms with Gasteiger partial charge < -0.3 is 9.84 Å². The van der Waals surface area contributed by atoms with Crippen molar-refractivity contribution in [2.24, 2.45) is 0 Å². The first-order valence-corrected chi connectivity index (χ1v) is 8.65. The molecule has 0 bridgehead atoms. The highest BCUT2D eigenvalue weighted by molar-refractivity contribution is 6.30. The third kappa shape index (κ3) is 3.54. The zero-order valence-corrected chi connectivity index (χ0v) is 15.9. The van der Waals surface area contributed by atoms with E-state index in [4.69, 9.17) is 16.3 Å². The Hall–Kier alpha value is -3.38. The van der Waals surface area contributed by atoms with Gasteiger partial charge in [0.2, 0.25) is 0 Å². The number of phenolic OH excluding ortho intramolecular Hbond substituents is 1. The molecule has 0 amide bonds. The van der Waals surface area contributed by atoms with Gasteiger partial charge in [0, 0.05) is 22.8 Å². The van der Waals surface area contributed by atoms with E-state index in [-0.39, 0.29) is 22.4 Å². The van der Waals surface area contributed by atoms with E-state index in [1.165, 1.54) is 49.1 Å². The molecule has 1 heterocycles. The van der Waals surface area contributed by atoms with Gasteiger partial charge in [0.1, 0.15) is 11.5 Å². The van der Waals surface area contributed by atoms with Crippen molar-refractivity contribution >= 4 is 23.2 Å². The van der Waals surface area contributed by atoms with Crippen LogP contribution in [-0.2, 0) is 0 Å². The number of nitrogens with zero attached hydrogens (tertiary/aromatic N) is 1. The molecule has 1 N–H and O–H groups in total. The summed E-state index contributed by atoms with van der Waals surface area (Å²) in [6, 6.07) is 11.9. The molecular formula is C21H16ClNO5. The lowest BCUT2D eigenvalue weighted by Gasteiger charge is -2.14. The van der Waals surface area contributed by atoms with Crippen molar-refractivity contribution in [1.82, 2.24) is 4.57 Å². The second kappa shape index (κ2) is 7.70. The van der Waals surface area contributed by atoms with Crippen molar-refractivity contribution < 1.29 is 19.4 Å². The molecule has 1 aromatic heterocycles. The second-order valence-corrected chi connectivity index (χ2v) is 6.47. The molecule has 6 nitrogen and oxygen atoms in total. The molecule has 0 saturated carbocycles. The Morgan fingerprint density at radius 3 is 2.43 bits per heavy atom. The van der Waals surface area contributed by atoms with Gasteiger partial charge in [0.05, 0.1) is 23.9 Å². The molecule has 2 aromatic carbocycles. The van der Waals surface area contributed by atoms with Crippen LogP contribution in [0, 0.1) is 0 Å². The molecule has 0 aliphatic carbocycles. The number of aromatic nitrogens is 1. The lowest BCUT2D eigenvalue weighted by atomic mass is 10.0. The summed E-state index contributed by atoms with van der Waals surface area (Å²) in [6.45, 7) is 1.24. The molecule has 0 radical (unpaired) electrons. The number of rotatable bonds is 5. The Bertz CT molecular complexity index is 1150. The number of pyridine rings is 1. The summed E-state index contributed by atoms with van der Waals surface area (Å²) in [5.41, 5.74) is -0.292. The van der Waals surface area contributed by atoms with E-state index in [2.05, 4.69) is 0 Å². The van der Waals surface area contributed by atoms with Gasteiger partial charge >= 0.3 is 0 Å². The summed E-state index contributed by atoms with van der Waals surface area (Å²) in [6.07, 6.45) is 1.31. The quantitative estimate of drug-likeness (QED) is 0.664. The van der Waals surface area contributed by atoms with Crippen molar-refractivity contribution in [2.45, 2.75) is 6.92 Å². The largest absolute Gasteiger partial charge is 0.507 e. The van der Waals surface area contributed by atoms with Crippen LogP contribution in [0.5, 0.6) is 11.5 Å². The molecule has 3 rings (SSSR count). The minimum Gasteiger partial charge on any atom is -0.507 e. The fourth-order valence-electron chi connectivity index (χ4n) is 2.81. The Morgan fingerprint density at radius 2 is 1.79 bits per heavy atom. The fourth-order valence-corrected chi connectivity index (χ4v) is 2.97. The van der Waals surface area contributed by atoms with Crippen molar-refractivity contribution in [3.8, 4) is 17.2 Å². The molecule has 3 aromatic rings. The fraction of sp³-hybridized carbons (Fsp3) is 0.0952. The number of hydrogen-bond donors (Lipinski definition) is 1. The maximum Gasteiger partial charge on any atom is 0.266 e. The number of benzene rings is 2. The first-order valence-electron chi connectivity index (χ1n) is 8.27. The predicted molar refractivity (Wildman–Crippen MR) is 105 cm³/mol. The van der Waals surface area contributed by atoms with Crippen molar-refractivity contribution in [3.63, 3.8) is 0 Å². The van der Waals surface area contributed by atoms with E-state index in [9.17, 15) is 19.5 Å². The van der Waals surface area contributed by atoms with E-state index < -0.39 is 17.1 Å². The molecule has 0 spiro atoms. The number of halogens is 1. The van der Waals surface area contributed by atoms with E-state index >= 15 is 0 Å². The van der Waals surface area contributed by atoms with E-state index in [0.717, 1.165) is 0 Å². The average Bonchev–Trinajstić information content (AvgIpc) is 2.68. The number of Topliss-reactive ketones (excluding diaryl/α,β-unsaturated/α-hetero) is 1. The molecule has 0 fully saturated rings. The predicted octanol–water partition coefficient (Wildman–Crippen LogP) is 3.64. The van der Waals surface area contributed by atoms with E-state index in [1.807, 2.05) is 0 Å². The van der Waals surface area contributed by atoms with Gasteiger partial charge in [-0.25, -0.2) is 0 Å². The highest BCUT2D eigenvalue weighted by Gasteiger charge is 2.20. The van der Waals surface area contributed by atoms with Gasteiger partial charge in [-0.05, 0) is 37.3 Å². The summed E-state index contributed by atoms with van der Waals surface area (Å²) in [4.78, 5) is 37.8. The zero-order valence-electron chi connectivity index (χ0n) is 15.1. The molecule has 28 heavy (non-hydrogen) atoms. The molecule has 0 aliphatic heterocycles. The number of carbonyl (C=O) groups is 2. The molecule has 7 heteroatoms. The number of methoxy groups -OCH3 is 1. The number of hydrogen-bond acceptors (Lipinski definition) is 5. The van der Waals surface area contributed by atoms with Crippen LogP contribution >= 0.6 is 11.6 Å². The third-order valence-corrected chi connectivity index (χ3v) is 4.44. The number of para-hydroxylation sites is 1. The lowest BCUT2D eigenvalue weighted by Crippen LogP contribution is -2.26. The molecule has 0 atom stereocenters. The van der Waals surface area contributed by atoms with Crippen LogP contribution in [0.1, 0.15) is 33.2 Å². The highest BCUT2D eigenvalue weighted by atomic mass is 35.5. The maximum absolute atomic E-state index is 12.9. The molecule has 0 aliphatic rings. The Kier molecular flexibility index (Phi) is 5.33. The van der Waals surface area contributed by atoms with Crippen LogP contribution in [0.2, 0.25) is 5.02 Å². The summed E-state index contributed by atoms with van der Waals surface area (Å²) in [7, 11) is 1.42. The Balaban J connectivity index is 2.28. The van der Waals surface area contributed by atoms with Crippen LogP contribution in [0.25, 0.3) is 5.69 Å². The summed E-state index contributed by atoms with van der Waals surface area (Å²) < 4.78 is 6.45. The SMILES string of the molecule is COc1cc(Cl)ccc1-n1cc(C(=O)c2ccccc2O)cc(C(C)=O)c1=O. The van der Waals surface area contributed by atoms with Crippen LogP contribution in [-0.4, -0.2) is 28.3 Å². The zero-order chi connectivity index (χ0) is 20.4. The number of ether oxygens (including phenoxy) is 1. The van der Waals surface area contributed by atoms with Crippen LogP contribution < -0.4 is 10.3 Å². The lowest BCUT2D eigenvalue weighted by molar-refractivity contribution is 0.101. The van der Waals surface area contributed by atoms with Gasteiger partial charge in [0.25, 0.3) is 5.56 Å². The minimum atomic E-state index is -0.595. The van der Waals surface area contributed by atoms with Crippen molar-refractivity contribution in [2.75, 3.05) is 7.11 Å². The molecule has 0 unspecified atom stereocenters. The summed E-state index contributed by atoms with van der Waals surface area (Å²) in [5, 5.41) is 10.4. The van der Waals surface area contributed by atoms with Gasteiger partial charge in [0.15, 0.2) is 11.6 Å². The number of carbonyl (C=O) groups excluding carboxylic acids is 2. The van der Waals surface area contributed by atoms with Crippen molar-refractivity contribution in [3.05, 3.63) is 86.8 Å². The standard InChI is InChI=1S/C21H16ClNO5/c1-12(24)16-9-13(20(26)15-5-3-4-6-18(15)25)11-23(21(16)27)17-8-7-14(22)10-19(17)28-2/h3-11,25H,1-2H3. The van der Waals surface area contributed by atoms with Gasteiger partial charge in [-0.1, -0.05) is 23.7 Å². The smallest absolute Gasteiger partial charge is 0.266 e. The third-order valence-electron chi connectivity index (χ3n) is 4.21. The molecular weight excluding hydrogens is 382 g/mol. The maximum atomic E-state index is 12.9. The topological polar surface area (TPSA) is 85.6 Å². The number of aromatic hydroxyl groups is 1. The van der Waals surface area contributed by atoms with Crippen LogP contribution in [0.3, 0.4) is 0 Å². The van der Waals surface area contributed by atoms with E-state index in [1.54, 1.807) is 24.3 Å². The van der Waals surface area contributed by atoms with Gasteiger partial charge in [-0.2, -0.15) is 0 Å². The Morgan fingerprint density at radius 1 is 1.07 bits per heavy atom. The average molecular weight is 398 g/mol. The van der Waals surface area contributed by atoms with Crippen LogP contribution in [0.15, 0.2) is 59.5 Å². The molecule has 0 saturated heterocycles. The van der Waals surface area contributed by atoms with Crippen molar-refractivity contribution in [1.29, 1.82) is 0 Å². The number of ketones is 2. The monoisotopic (exact) mass is 397 g/mol. The summed E-state index contributed by atoms with van der Waals surface area (Å²) >= 11 is 5.98. The number of phenols is 1.